The van der Waals surface area contributed by atoms with Gasteiger partial charge in [0.1, 0.15) is 22.3 Å². The minimum absolute atomic E-state index is 0.0128. The molecule has 0 unspecified atom stereocenters. The lowest BCUT2D eigenvalue weighted by Crippen LogP contribution is -2.41. The predicted molar refractivity (Wildman–Crippen MR) is 411 cm³/mol. The summed E-state index contributed by atoms with van der Waals surface area (Å²) in [6.07, 6.45) is 0. The number of fused-ring (bicyclic) bond motifs is 13. The highest BCUT2D eigenvalue weighted by Gasteiger charge is 2.51. The van der Waals surface area contributed by atoms with Gasteiger partial charge in [-0.15, -0.1) is 0 Å². The first-order valence-electron chi connectivity index (χ1n) is 32.7. The van der Waals surface area contributed by atoms with E-state index < -0.39 is 0 Å². The molecular weight excluding hydrogens is 1340 g/mol. The van der Waals surface area contributed by atoms with Crippen LogP contribution in [0.2, 0.25) is 0 Å². The molecule has 5 aromatic heterocycles. The second-order valence-electron chi connectivity index (χ2n) is 25.9. The third-order valence-electron chi connectivity index (χ3n) is 19.6. The normalized spacial score (nSPS) is 13.6. The Hall–Kier alpha value is -10.9. The Kier molecular flexibility index (Phi) is 14.9. The van der Waals surface area contributed by atoms with Crippen LogP contribution in [0.15, 0.2) is 319 Å². The zero-order chi connectivity index (χ0) is 66.6. The smallest absolute Gasteiger partial charge is 0.456 e. The van der Waals surface area contributed by atoms with E-state index in [2.05, 4.69) is 292 Å². The zero-order valence-electron chi connectivity index (χ0n) is 53.8. The highest BCUT2D eigenvalue weighted by molar-refractivity contribution is 9.11. The van der Waals surface area contributed by atoms with Crippen molar-refractivity contribution in [3.63, 3.8) is 0 Å². The summed E-state index contributed by atoms with van der Waals surface area (Å²) in [5.41, 5.74) is 17.0. The van der Waals surface area contributed by atoms with Gasteiger partial charge in [0, 0.05) is 58.3 Å². The number of halogens is 2. The molecule has 18 aromatic rings. The first-order chi connectivity index (χ1) is 47.7. The molecule has 472 valence electrons. The molecule has 1 aliphatic rings. The average molecular weight is 1400 g/mol. The first kappa shape index (κ1) is 60.8. The van der Waals surface area contributed by atoms with Crippen LogP contribution in [0.3, 0.4) is 0 Å². The fourth-order valence-corrected chi connectivity index (χ4v) is 15.0. The van der Waals surface area contributed by atoms with Gasteiger partial charge in [-0.2, -0.15) is 0 Å². The first-order valence-corrected chi connectivity index (χ1v) is 34.3. The molecule has 13 aromatic carbocycles. The van der Waals surface area contributed by atoms with Crippen molar-refractivity contribution >= 4 is 154 Å². The van der Waals surface area contributed by atoms with Crippen molar-refractivity contribution in [2.75, 3.05) is 0 Å². The van der Waals surface area contributed by atoms with Crippen LogP contribution < -0.4 is 16.3 Å². The molecule has 12 heteroatoms. The molecule has 1 saturated heterocycles. The summed E-state index contributed by atoms with van der Waals surface area (Å²) in [6, 6.07) is 99.4. The largest absolute Gasteiger partial charge is 0.494 e. The summed E-state index contributed by atoms with van der Waals surface area (Å²) >= 11 is 6.74. The number of hydrogen-bond acceptors (Lipinski definition) is 6. The van der Waals surface area contributed by atoms with Crippen LogP contribution in [-0.4, -0.2) is 32.0 Å². The molecule has 0 atom stereocenters. The van der Waals surface area contributed by atoms with Gasteiger partial charge in [0.05, 0.1) is 65.8 Å². The van der Waals surface area contributed by atoms with Gasteiger partial charge < -0.3 is 31.8 Å². The molecular formula is C86H60BBr2N3O6. The minimum atomic E-state index is -0.336. The second-order valence-corrected chi connectivity index (χ2v) is 27.7. The van der Waals surface area contributed by atoms with Gasteiger partial charge in [-0.05, 0) is 193 Å². The standard InChI is InChI=1S/C49H30N2O2.C24H24BNO2.C13H6Br2O2/c52-49-41-29-24-33(31-20-25-34(26-21-31)50-42-15-5-1-10-37(42)38-11-2-6-16-43(38)50)30-47(41)53-46-19-9-14-36(48(46)49)32-22-27-35(28-23-32)51-44-17-7-3-12-39(44)40-13-4-8-18-45(40)51;1-23(2)24(3,4)28-25(27-23)17-13-15-18(16-14-17)26-21-11-7-5-9-19(21)20-10-6-8-12-22(20)26;14-7-4-5-8-11(6-7)17-10-3-1-2-9(15)12(10)13(8)16/h1-30H;5-16H,1-4H3;1-6H. The number of para-hydroxylation sites is 6. The molecule has 6 heterocycles. The zero-order valence-corrected chi connectivity index (χ0v) is 57.0. The molecule has 0 spiro atoms. The summed E-state index contributed by atoms with van der Waals surface area (Å²) < 4.78 is 33.2. The Bertz CT molecular complexity index is 6170. The predicted octanol–water partition coefficient (Wildman–Crippen LogP) is 22.0. The maximum atomic E-state index is 14.2. The van der Waals surface area contributed by atoms with E-state index in [4.69, 9.17) is 18.1 Å². The number of aromatic nitrogens is 3. The molecule has 98 heavy (non-hydrogen) atoms. The Morgan fingerprint density at radius 2 is 0.673 bits per heavy atom. The molecule has 0 saturated carbocycles. The summed E-state index contributed by atoms with van der Waals surface area (Å²) in [6.45, 7) is 8.33. The summed E-state index contributed by atoms with van der Waals surface area (Å²) in [5, 5.41) is 9.81. The molecule has 0 radical (unpaired) electrons. The van der Waals surface area contributed by atoms with Crippen molar-refractivity contribution in [1.82, 2.24) is 13.7 Å². The lowest BCUT2D eigenvalue weighted by molar-refractivity contribution is 0.00578. The van der Waals surface area contributed by atoms with Crippen molar-refractivity contribution in [2.45, 2.75) is 38.9 Å². The number of nitrogens with zero attached hydrogens (tertiary/aromatic N) is 3. The molecule has 0 amide bonds. The monoisotopic (exact) mass is 1400 g/mol. The van der Waals surface area contributed by atoms with E-state index in [-0.39, 0.29) is 29.2 Å². The topological polar surface area (TPSA) is 93.7 Å². The van der Waals surface area contributed by atoms with Gasteiger partial charge in [0.25, 0.3) is 0 Å². The van der Waals surface area contributed by atoms with Gasteiger partial charge in [0.15, 0.2) is 0 Å². The van der Waals surface area contributed by atoms with E-state index in [1.165, 1.54) is 54.4 Å². The molecule has 9 nitrogen and oxygen atoms in total. The third kappa shape index (κ3) is 10.3. The molecule has 0 bridgehead atoms. The Balaban J connectivity index is 0.000000132. The SMILES string of the molecule is CC1(C)OB(c2ccc(-n3c4ccccc4c4ccccc43)cc2)OC1(C)C.O=c1c2ccc(-c3ccc(-n4c5ccccc5c5ccccc54)cc3)cc2oc2cccc(-c3ccc(-n4c5ccccc5c5ccccc54)cc3)c12.O=c1c2ccc(Br)cc2oc2cccc(Br)c12. The average Bonchev–Trinajstić information content (AvgIpc) is 1.08. The fraction of sp³-hybridized carbons (Fsp3) is 0.0698. The molecule has 0 N–H and O–H groups in total. The van der Waals surface area contributed by atoms with Crippen LogP contribution in [0.1, 0.15) is 27.7 Å². The van der Waals surface area contributed by atoms with E-state index in [1.54, 1.807) is 18.2 Å². The highest BCUT2D eigenvalue weighted by Crippen LogP contribution is 2.40. The Labute approximate surface area is 580 Å². The lowest BCUT2D eigenvalue weighted by atomic mass is 9.79. The van der Waals surface area contributed by atoms with Crippen molar-refractivity contribution in [3.05, 3.63) is 321 Å². The number of benzene rings is 13. The Morgan fingerprint density at radius 3 is 1.12 bits per heavy atom. The fourth-order valence-electron chi connectivity index (χ4n) is 14.1. The molecule has 19 rings (SSSR count). The van der Waals surface area contributed by atoms with Crippen LogP contribution in [0, 0.1) is 0 Å². The summed E-state index contributed by atoms with van der Waals surface area (Å²) in [5.74, 6) is 0. The quantitative estimate of drug-likeness (QED) is 0.122. The summed E-state index contributed by atoms with van der Waals surface area (Å²) in [4.78, 5) is 26.5. The van der Waals surface area contributed by atoms with Crippen LogP contribution in [-0.2, 0) is 9.31 Å². The van der Waals surface area contributed by atoms with E-state index >= 15 is 0 Å². The molecule has 0 aliphatic carbocycles. The maximum Gasteiger partial charge on any atom is 0.494 e. The van der Waals surface area contributed by atoms with E-state index in [0.29, 0.717) is 43.9 Å². The molecule has 1 fully saturated rings. The number of rotatable bonds is 6. The van der Waals surface area contributed by atoms with E-state index in [9.17, 15) is 9.59 Å². The Morgan fingerprint density at radius 1 is 0.316 bits per heavy atom. The summed E-state index contributed by atoms with van der Waals surface area (Å²) in [7, 11) is -0.336. The van der Waals surface area contributed by atoms with Gasteiger partial charge in [-0.1, -0.05) is 186 Å². The third-order valence-corrected chi connectivity index (χ3v) is 20.8. The van der Waals surface area contributed by atoms with Crippen LogP contribution in [0.25, 0.3) is 149 Å². The van der Waals surface area contributed by atoms with E-state index in [1.807, 2.05) is 54.6 Å². The van der Waals surface area contributed by atoms with Crippen molar-refractivity contribution in [1.29, 1.82) is 0 Å². The highest BCUT2D eigenvalue weighted by atomic mass is 79.9. The second kappa shape index (κ2) is 24.0. The lowest BCUT2D eigenvalue weighted by Gasteiger charge is -2.32. The van der Waals surface area contributed by atoms with Crippen molar-refractivity contribution in [2.24, 2.45) is 0 Å². The van der Waals surface area contributed by atoms with Gasteiger partial charge >= 0.3 is 7.12 Å². The molecule has 1 aliphatic heterocycles. The van der Waals surface area contributed by atoms with E-state index in [0.717, 1.165) is 64.8 Å². The van der Waals surface area contributed by atoms with Crippen LogP contribution in [0.5, 0.6) is 0 Å². The van der Waals surface area contributed by atoms with Gasteiger partial charge in [-0.3, -0.25) is 9.59 Å². The van der Waals surface area contributed by atoms with Crippen molar-refractivity contribution in [3.8, 4) is 39.3 Å². The minimum Gasteiger partial charge on any atom is -0.456 e. The maximum absolute atomic E-state index is 14.2. The van der Waals surface area contributed by atoms with Crippen molar-refractivity contribution < 1.29 is 18.1 Å². The van der Waals surface area contributed by atoms with Gasteiger partial charge in [-0.25, -0.2) is 0 Å². The number of hydrogen-bond donors (Lipinski definition) is 0. The van der Waals surface area contributed by atoms with Crippen LogP contribution in [0.4, 0.5) is 0 Å². The van der Waals surface area contributed by atoms with Gasteiger partial charge in [0.2, 0.25) is 10.9 Å². The van der Waals surface area contributed by atoms with Crippen LogP contribution >= 0.6 is 31.9 Å².